The molecule has 0 saturated carbocycles. The molecule has 1 atom stereocenters. The zero-order chi connectivity index (χ0) is 13.0. The van der Waals surface area contributed by atoms with E-state index in [1.807, 2.05) is 19.1 Å². The Morgan fingerprint density at radius 2 is 2.33 bits per heavy atom. The molecule has 1 saturated heterocycles. The number of piperidine rings is 1. The predicted molar refractivity (Wildman–Crippen MR) is 73.8 cm³/mol. The molecule has 0 radical (unpaired) electrons. The first-order chi connectivity index (χ1) is 8.66. The molecular weight excluding hydrogens is 226 g/mol. The van der Waals surface area contributed by atoms with Crippen LogP contribution >= 0.6 is 0 Å². The number of nitrogens with one attached hydrogen (secondary N) is 2. The molecule has 4 nitrogen and oxygen atoms in total. The average molecular weight is 247 g/mol. The average Bonchev–Trinajstić information content (AvgIpc) is 2.38. The minimum atomic E-state index is -0.376. The quantitative estimate of drug-likeness (QED) is 0.758. The van der Waals surface area contributed by atoms with Crippen LogP contribution in [0.15, 0.2) is 18.2 Å². The topological polar surface area (TPSA) is 67.2 Å². The van der Waals surface area contributed by atoms with Crippen molar-refractivity contribution in [2.24, 2.45) is 5.73 Å². The van der Waals surface area contributed by atoms with Gasteiger partial charge in [0.1, 0.15) is 0 Å². The highest BCUT2D eigenvalue weighted by atomic mass is 16.1. The molecule has 1 amide bonds. The first-order valence-corrected chi connectivity index (χ1v) is 6.54. The lowest BCUT2D eigenvalue weighted by atomic mass is 10.0. The van der Waals surface area contributed by atoms with Crippen molar-refractivity contribution in [2.75, 3.05) is 18.4 Å². The molecule has 98 valence electrons. The lowest BCUT2D eigenvalue weighted by molar-refractivity contribution is 0.1000. The van der Waals surface area contributed by atoms with Crippen LogP contribution in [0.3, 0.4) is 0 Å². The van der Waals surface area contributed by atoms with E-state index < -0.39 is 0 Å². The smallest absolute Gasteiger partial charge is 0.248 e. The van der Waals surface area contributed by atoms with E-state index in [-0.39, 0.29) is 5.91 Å². The van der Waals surface area contributed by atoms with Crippen molar-refractivity contribution in [1.82, 2.24) is 5.32 Å². The van der Waals surface area contributed by atoms with E-state index in [0.717, 1.165) is 24.3 Å². The Kier molecular flexibility index (Phi) is 4.20. The number of anilines is 1. The lowest BCUT2D eigenvalue weighted by Gasteiger charge is -2.24. The van der Waals surface area contributed by atoms with Crippen molar-refractivity contribution in [2.45, 2.75) is 32.2 Å². The third-order valence-corrected chi connectivity index (χ3v) is 3.46. The minimum Gasteiger partial charge on any atom is -0.383 e. The van der Waals surface area contributed by atoms with Crippen LogP contribution in [0.25, 0.3) is 0 Å². The molecule has 1 aromatic carbocycles. The number of nitrogens with two attached hydrogens (primary N) is 1. The maximum atomic E-state index is 11.1. The number of carbonyl (C=O) groups excluding carboxylic acids is 1. The fourth-order valence-electron chi connectivity index (χ4n) is 2.35. The number of hydrogen-bond donors (Lipinski definition) is 3. The Morgan fingerprint density at radius 1 is 1.50 bits per heavy atom. The molecule has 1 heterocycles. The Balaban J connectivity index is 1.94. The third-order valence-electron chi connectivity index (χ3n) is 3.46. The van der Waals surface area contributed by atoms with E-state index in [9.17, 15) is 4.79 Å². The summed E-state index contributed by atoms with van der Waals surface area (Å²) in [5.74, 6) is -0.376. The van der Waals surface area contributed by atoms with Gasteiger partial charge >= 0.3 is 0 Å². The maximum Gasteiger partial charge on any atom is 0.248 e. The van der Waals surface area contributed by atoms with E-state index in [4.69, 9.17) is 5.73 Å². The molecule has 0 aliphatic carbocycles. The zero-order valence-electron chi connectivity index (χ0n) is 10.8. The van der Waals surface area contributed by atoms with Gasteiger partial charge in [0.2, 0.25) is 5.91 Å². The number of amides is 1. The monoisotopic (exact) mass is 247 g/mol. The fourth-order valence-corrected chi connectivity index (χ4v) is 2.35. The van der Waals surface area contributed by atoms with Gasteiger partial charge in [-0.05, 0) is 50.1 Å². The van der Waals surface area contributed by atoms with Gasteiger partial charge in [-0.15, -0.1) is 0 Å². The standard InChI is InChI=1S/C14H21N3O/c1-10-8-11(14(15)18)5-6-13(10)17-9-12-4-2-3-7-16-12/h5-6,8,12,16-17H,2-4,7,9H2,1H3,(H2,15,18). The fraction of sp³-hybridized carbons (Fsp3) is 0.500. The SMILES string of the molecule is Cc1cc(C(N)=O)ccc1NCC1CCCCN1. The largest absolute Gasteiger partial charge is 0.383 e. The second-order valence-electron chi connectivity index (χ2n) is 4.92. The number of rotatable bonds is 4. The first kappa shape index (κ1) is 12.9. The van der Waals surface area contributed by atoms with Gasteiger partial charge in [0.15, 0.2) is 0 Å². The van der Waals surface area contributed by atoms with E-state index in [1.54, 1.807) is 6.07 Å². The normalized spacial score (nSPS) is 19.5. The highest BCUT2D eigenvalue weighted by Gasteiger charge is 2.12. The summed E-state index contributed by atoms with van der Waals surface area (Å²) >= 11 is 0. The predicted octanol–water partition coefficient (Wildman–Crippen LogP) is 1.65. The molecule has 1 aromatic rings. The van der Waals surface area contributed by atoms with Gasteiger partial charge in [-0.3, -0.25) is 4.79 Å². The molecule has 1 fully saturated rings. The zero-order valence-corrected chi connectivity index (χ0v) is 10.8. The van der Waals surface area contributed by atoms with Crippen molar-refractivity contribution < 1.29 is 4.79 Å². The highest BCUT2D eigenvalue weighted by molar-refractivity contribution is 5.93. The summed E-state index contributed by atoms with van der Waals surface area (Å²) in [7, 11) is 0. The molecule has 1 unspecified atom stereocenters. The van der Waals surface area contributed by atoms with Crippen molar-refractivity contribution in [3.8, 4) is 0 Å². The van der Waals surface area contributed by atoms with Crippen molar-refractivity contribution in [3.05, 3.63) is 29.3 Å². The molecule has 0 spiro atoms. The minimum absolute atomic E-state index is 0.376. The van der Waals surface area contributed by atoms with Crippen LogP contribution < -0.4 is 16.4 Å². The van der Waals surface area contributed by atoms with Crippen LogP contribution in [0.4, 0.5) is 5.69 Å². The summed E-state index contributed by atoms with van der Waals surface area (Å²) in [6.45, 7) is 4.03. The molecular formula is C14H21N3O. The van der Waals surface area contributed by atoms with Crippen LogP contribution in [-0.2, 0) is 0 Å². The molecule has 4 N–H and O–H groups in total. The number of aryl methyl sites for hydroxylation is 1. The summed E-state index contributed by atoms with van der Waals surface area (Å²) in [6.07, 6.45) is 3.81. The second-order valence-corrected chi connectivity index (χ2v) is 4.92. The van der Waals surface area contributed by atoms with Crippen LogP contribution in [0.1, 0.15) is 35.2 Å². The van der Waals surface area contributed by atoms with E-state index in [0.29, 0.717) is 11.6 Å². The van der Waals surface area contributed by atoms with Crippen LogP contribution in [0, 0.1) is 6.92 Å². The van der Waals surface area contributed by atoms with Crippen LogP contribution in [-0.4, -0.2) is 25.0 Å². The van der Waals surface area contributed by atoms with E-state index >= 15 is 0 Å². The second kappa shape index (κ2) is 5.87. The third kappa shape index (κ3) is 3.23. The molecule has 1 aliphatic rings. The summed E-state index contributed by atoms with van der Waals surface area (Å²) in [5.41, 5.74) is 7.95. The molecule has 0 bridgehead atoms. The summed E-state index contributed by atoms with van der Waals surface area (Å²) in [4.78, 5) is 11.1. The molecule has 2 rings (SSSR count). The van der Waals surface area contributed by atoms with Crippen LogP contribution in [0.2, 0.25) is 0 Å². The molecule has 1 aliphatic heterocycles. The van der Waals surface area contributed by atoms with E-state index in [2.05, 4.69) is 10.6 Å². The van der Waals surface area contributed by atoms with Crippen molar-refractivity contribution in [3.63, 3.8) is 0 Å². The van der Waals surface area contributed by atoms with Gasteiger partial charge < -0.3 is 16.4 Å². The van der Waals surface area contributed by atoms with Crippen molar-refractivity contribution >= 4 is 11.6 Å². The molecule has 4 heteroatoms. The van der Waals surface area contributed by atoms with E-state index in [1.165, 1.54) is 19.3 Å². The Labute approximate surface area is 108 Å². The number of benzene rings is 1. The number of primary amides is 1. The summed E-state index contributed by atoms with van der Waals surface area (Å²) in [6, 6.07) is 6.08. The van der Waals surface area contributed by atoms with Gasteiger partial charge in [0.25, 0.3) is 0 Å². The molecule has 18 heavy (non-hydrogen) atoms. The van der Waals surface area contributed by atoms with Crippen LogP contribution in [0.5, 0.6) is 0 Å². The van der Waals surface area contributed by atoms with Gasteiger partial charge in [-0.25, -0.2) is 0 Å². The van der Waals surface area contributed by atoms with Crippen molar-refractivity contribution in [1.29, 1.82) is 0 Å². The number of hydrogen-bond acceptors (Lipinski definition) is 3. The number of carbonyl (C=O) groups is 1. The summed E-state index contributed by atoms with van der Waals surface area (Å²) in [5, 5.41) is 6.94. The Bertz CT molecular complexity index is 425. The summed E-state index contributed by atoms with van der Waals surface area (Å²) < 4.78 is 0. The van der Waals surface area contributed by atoms with Gasteiger partial charge in [-0.2, -0.15) is 0 Å². The maximum absolute atomic E-state index is 11.1. The Hall–Kier alpha value is -1.55. The van der Waals surface area contributed by atoms with Gasteiger partial charge in [0.05, 0.1) is 0 Å². The Morgan fingerprint density at radius 3 is 2.94 bits per heavy atom. The van der Waals surface area contributed by atoms with Gasteiger partial charge in [-0.1, -0.05) is 6.42 Å². The lowest BCUT2D eigenvalue weighted by Crippen LogP contribution is -2.39. The first-order valence-electron chi connectivity index (χ1n) is 6.54. The van der Waals surface area contributed by atoms with Gasteiger partial charge in [0, 0.05) is 23.8 Å². The molecule has 0 aromatic heterocycles. The highest BCUT2D eigenvalue weighted by Crippen LogP contribution is 2.17.